The van der Waals surface area contributed by atoms with Crippen molar-refractivity contribution in [3.05, 3.63) is 0 Å². The van der Waals surface area contributed by atoms with Crippen LogP contribution in [-0.4, -0.2) is 43.5 Å². The van der Waals surface area contributed by atoms with Crippen LogP contribution in [0.2, 0.25) is 0 Å². The molecule has 0 radical (unpaired) electrons. The lowest BCUT2D eigenvalue weighted by Crippen LogP contribution is -2.58. The number of rotatable bonds is 6. The van der Waals surface area contributed by atoms with Crippen LogP contribution in [0.4, 0.5) is 0 Å². The second-order valence-corrected chi connectivity index (χ2v) is 8.40. The second-order valence-electron chi connectivity index (χ2n) is 8.03. The van der Waals surface area contributed by atoms with E-state index in [1.165, 1.54) is 19.3 Å². The van der Waals surface area contributed by atoms with Crippen molar-refractivity contribution in [1.82, 2.24) is 4.90 Å². The van der Waals surface area contributed by atoms with Gasteiger partial charge in [-0.05, 0) is 55.8 Å². The topological polar surface area (TPSA) is 29.5 Å². The van der Waals surface area contributed by atoms with Crippen LogP contribution in [0.1, 0.15) is 45.4 Å². The predicted molar refractivity (Wildman–Crippen MR) is 84.4 cm³/mol. The smallest absolute Gasteiger partial charge is 0.228 e. The minimum Gasteiger partial charge on any atom is -0.383 e. The highest BCUT2D eigenvalue weighted by atomic mass is 35.5. The van der Waals surface area contributed by atoms with Gasteiger partial charge in [0.15, 0.2) is 0 Å². The van der Waals surface area contributed by atoms with E-state index in [-0.39, 0.29) is 5.41 Å². The SMILES string of the molecule is COCCN(CCCl)C(=O)C12CC3CC(CC(C)(C3)C1)C2. The minimum absolute atomic E-state index is 0.0847. The van der Waals surface area contributed by atoms with Gasteiger partial charge in [-0.25, -0.2) is 0 Å². The fourth-order valence-corrected chi connectivity index (χ4v) is 6.13. The van der Waals surface area contributed by atoms with Gasteiger partial charge in [0.25, 0.3) is 0 Å². The number of nitrogens with zero attached hydrogens (tertiary/aromatic N) is 1. The summed E-state index contributed by atoms with van der Waals surface area (Å²) in [7, 11) is 1.69. The monoisotopic (exact) mass is 313 g/mol. The highest BCUT2D eigenvalue weighted by Crippen LogP contribution is 2.65. The zero-order chi connectivity index (χ0) is 15.1. The molecule has 4 aliphatic rings. The Bertz CT molecular complexity index is 398. The molecule has 3 nitrogen and oxygen atoms in total. The summed E-state index contributed by atoms with van der Waals surface area (Å²) in [6.07, 6.45) is 7.36. The number of hydrogen-bond donors (Lipinski definition) is 0. The first-order valence-electron chi connectivity index (χ1n) is 8.35. The summed E-state index contributed by atoms with van der Waals surface area (Å²) in [5, 5.41) is 0. The molecule has 0 heterocycles. The van der Waals surface area contributed by atoms with Crippen molar-refractivity contribution in [2.24, 2.45) is 22.7 Å². The van der Waals surface area contributed by atoms with Gasteiger partial charge in [-0.2, -0.15) is 0 Å². The Hall–Kier alpha value is -0.280. The lowest BCUT2D eigenvalue weighted by molar-refractivity contribution is -0.166. The van der Waals surface area contributed by atoms with Gasteiger partial charge >= 0.3 is 0 Å². The van der Waals surface area contributed by atoms with Crippen molar-refractivity contribution < 1.29 is 9.53 Å². The average molecular weight is 314 g/mol. The fourth-order valence-electron chi connectivity index (χ4n) is 5.92. The molecule has 2 unspecified atom stereocenters. The zero-order valence-electron chi connectivity index (χ0n) is 13.4. The molecule has 0 saturated heterocycles. The van der Waals surface area contributed by atoms with Gasteiger partial charge in [-0.1, -0.05) is 6.92 Å². The van der Waals surface area contributed by atoms with Crippen molar-refractivity contribution in [2.45, 2.75) is 45.4 Å². The molecule has 4 aliphatic carbocycles. The first kappa shape index (κ1) is 15.6. The normalized spacial score (nSPS) is 40.5. The standard InChI is InChI=1S/C17H28ClNO2/c1-16-8-13-7-14(9-16)11-17(10-13,12-16)15(20)19(4-3-18)5-6-21-2/h13-14H,3-12H2,1-2H3. The van der Waals surface area contributed by atoms with Crippen molar-refractivity contribution in [1.29, 1.82) is 0 Å². The van der Waals surface area contributed by atoms with Gasteiger partial charge in [0, 0.05) is 26.1 Å². The summed E-state index contributed by atoms with van der Waals surface area (Å²) >= 11 is 5.92. The molecule has 0 aromatic carbocycles. The average Bonchev–Trinajstić information content (AvgIpc) is 2.40. The zero-order valence-corrected chi connectivity index (χ0v) is 14.1. The Morgan fingerprint density at radius 3 is 2.43 bits per heavy atom. The number of methoxy groups -OCH3 is 1. The fraction of sp³-hybridized carbons (Fsp3) is 0.941. The van der Waals surface area contributed by atoms with E-state index < -0.39 is 0 Å². The molecular weight excluding hydrogens is 286 g/mol. The van der Waals surface area contributed by atoms with Gasteiger partial charge in [-0.3, -0.25) is 4.79 Å². The molecule has 4 fully saturated rings. The summed E-state index contributed by atoms with van der Waals surface area (Å²) < 4.78 is 5.17. The molecule has 0 aromatic rings. The Balaban J connectivity index is 1.79. The van der Waals surface area contributed by atoms with Crippen LogP contribution < -0.4 is 0 Å². The lowest BCUT2D eigenvalue weighted by Gasteiger charge is -2.61. The van der Waals surface area contributed by atoms with Crippen LogP contribution in [0.25, 0.3) is 0 Å². The number of halogens is 1. The molecule has 0 aliphatic heterocycles. The summed E-state index contributed by atoms with van der Waals surface area (Å²) in [6, 6.07) is 0. The molecule has 1 amide bonds. The van der Waals surface area contributed by atoms with Gasteiger partial charge in [-0.15, -0.1) is 11.6 Å². The van der Waals surface area contributed by atoms with E-state index in [1.54, 1.807) is 7.11 Å². The van der Waals surface area contributed by atoms with E-state index in [0.717, 1.165) is 31.1 Å². The summed E-state index contributed by atoms with van der Waals surface area (Å²) in [5.41, 5.74) is 0.326. The van der Waals surface area contributed by atoms with E-state index in [1.807, 2.05) is 4.90 Å². The largest absolute Gasteiger partial charge is 0.383 e. The van der Waals surface area contributed by atoms with E-state index in [2.05, 4.69) is 6.92 Å². The van der Waals surface area contributed by atoms with Crippen LogP contribution in [0.15, 0.2) is 0 Å². The number of alkyl halides is 1. The molecule has 4 heteroatoms. The third-order valence-electron chi connectivity index (χ3n) is 6.01. The number of carbonyl (C=O) groups excluding carboxylic acids is 1. The molecule has 0 spiro atoms. The van der Waals surface area contributed by atoms with Crippen LogP contribution >= 0.6 is 11.6 Å². The molecule has 2 atom stereocenters. The number of hydrogen-bond acceptors (Lipinski definition) is 2. The van der Waals surface area contributed by atoms with Crippen LogP contribution in [-0.2, 0) is 9.53 Å². The first-order chi connectivity index (χ1) is 10.0. The maximum atomic E-state index is 13.2. The molecule has 4 saturated carbocycles. The highest BCUT2D eigenvalue weighted by molar-refractivity contribution is 6.18. The number of amides is 1. The third kappa shape index (κ3) is 2.84. The maximum Gasteiger partial charge on any atom is 0.228 e. The van der Waals surface area contributed by atoms with E-state index in [0.29, 0.717) is 36.9 Å². The Labute approximate surface area is 133 Å². The van der Waals surface area contributed by atoms with Gasteiger partial charge < -0.3 is 9.64 Å². The maximum absolute atomic E-state index is 13.2. The van der Waals surface area contributed by atoms with Crippen molar-refractivity contribution in [3.63, 3.8) is 0 Å². The van der Waals surface area contributed by atoms with E-state index in [4.69, 9.17) is 16.3 Å². The molecule has 4 rings (SSSR count). The summed E-state index contributed by atoms with van der Waals surface area (Å²) in [6.45, 7) is 4.34. The van der Waals surface area contributed by atoms with Crippen molar-refractivity contribution in [2.75, 3.05) is 32.7 Å². The van der Waals surface area contributed by atoms with E-state index in [9.17, 15) is 4.79 Å². The van der Waals surface area contributed by atoms with Gasteiger partial charge in [0.1, 0.15) is 0 Å². The minimum atomic E-state index is -0.0847. The number of ether oxygens (including phenoxy) is 1. The van der Waals surface area contributed by atoms with Crippen LogP contribution in [0.3, 0.4) is 0 Å². The van der Waals surface area contributed by atoms with Gasteiger partial charge in [0.2, 0.25) is 5.91 Å². The molecular formula is C17H28ClNO2. The van der Waals surface area contributed by atoms with Crippen LogP contribution in [0.5, 0.6) is 0 Å². The quantitative estimate of drug-likeness (QED) is 0.704. The lowest BCUT2D eigenvalue weighted by atomic mass is 9.44. The summed E-state index contributed by atoms with van der Waals surface area (Å²) in [4.78, 5) is 15.2. The first-order valence-corrected chi connectivity index (χ1v) is 8.88. The molecule has 120 valence electrons. The molecule has 4 bridgehead atoms. The molecule has 0 aromatic heterocycles. The molecule has 0 N–H and O–H groups in total. The van der Waals surface area contributed by atoms with Crippen LogP contribution in [0, 0.1) is 22.7 Å². The third-order valence-corrected chi connectivity index (χ3v) is 6.18. The number of carbonyl (C=O) groups is 1. The Morgan fingerprint density at radius 2 is 1.90 bits per heavy atom. The molecule has 21 heavy (non-hydrogen) atoms. The predicted octanol–water partition coefficient (Wildman–Crippen LogP) is 3.31. The Morgan fingerprint density at radius 1 is 1.24 bits per heavy atom. The van der Waals surface area contributed by atoms with Crippen molar-refractivity contribution in [3.8, 4) is 0 Å². The van der Waals surface area contributed by atoms with Gasteiger partial charge in [0.05, 0.1) is 12.0 Å². The summed E-state index contributed by atoms with van der Waals surface area (Å²) in [5.74, 6) is 2.43. The second kappa shape index (κ2) is 5.73. The van der Waals surface area contributed by atoms with Crippen molar-refractivity contribution >= 4 is 17.5 Å². The van der Waals surface area contributed by atoms with E-state index >= 15 is 0 Å². The highest BCUT2D eigenvalue weighted by Gasteiger charge is 2.59. The Kier molecular flexibility index (Phi) is 4.26.